The lowest BCUT2D eigenvalue weighted by Gasteiger charge is -2.47. The van der Waals surface area contributed by atoms with E-state index < -0.39 is 0 Å². The highest BCUT2D eigenvalue weighted by Crippen LogP contribution is 2.31. The zero-order chi connectivity index (χ0) is 19.7. The Morgan fingerprint density at radius 2 is 1.81 bits per heavy atom. The number of furan rings is 1. The lowest BCUT2D eigenvalue weighted by atomic mass is 9.79. The van der Waals surface area contributed by atoms with Crippen molar-refractivity contribution in [3.05, 3.63) is 24.2 Å². The fourth-order valence-electron chi connectivity index (χ4n) is 5.17. The summed E-state index contributed by atoms with van der Waals surface area (Å²) in [6, 6.07) is 4.92. The molecule has 2 heterocycles. The van der Waals surface area contributed by atoms with Gasteiger partial charge >= 0.3 is 0 Å². The maximum Gasteiger partial charge on any atom is 0.169 e. The largest absolute Gasteiger partial charge is 0.467 e. The summed E-state index contributed by atoms with van der Waals surface area (Å²) in [4.78, 5) is 2.39. The van der Waals surface area contributed by atoms with Gasteiger partial charge in [-0.2, -0.15) is 0 Å². The van der Waals surface area contributed by atoms with Crippen LogP contribution in [0, 0.1) is 5.92 Å². The van der Waals surface area contributed by atoms with Crippen LogP contribution in [0.3, 0.4) is 0 Å². The van der Waals surface area contributed by atoms with Crippen molar-refractivity contribution in [3.63, 3.8) is 0 Å². The second-order valence-corrected chi connectivity index (χ2v) is 10.5. The molecular formula is C22H37N3OS. The first kappa shape index (κ1) is 20.7. The van der Waals surface area contributed by atoms with Gasteiger partial charge in [-0.3, -0.25) is 0 Å². The summed E-state index contributed by atoms with van der Waals surface area (Å²) in [5.74, 6) is 1.82. The number of piperidine rings is 1. The smallest absolute Gasteiger partial charge is 0.169 e. The molecule has 1 saturated carbocycles. The Labute approximate surface area is 170 Å². The van der Waals surface area contributed by atoms with Crippen molar-refractivity contribution in [2.45, 2.75) is 103 Å². The molecule has 0 radical (unpaired) electrons. The third-order valence-electron chi connectivity index (χ3n) is 6.11. The molecule has 1 aliphatic carbocycles. The Morgan fingerprint density at radius 3 is 2.37 bits per heavy atom. The molecule has 4 nitrogen and oxygen atoms in total. The van der Waals surface area contributed by atoms with Crippen LogP contribution in [0.1, 0.15) is 78.9 Å². The maximum atomic E-state index is 5.94. The average Bonchev–Trinajstić information content (AvgIpc) is 3.03. The highest BCUT2D eigenvalue weighted by molar-refractivity contribution is 7.80. The summed E-state index contributed by atoms with van der Waals surface area (Å²) in [5, 5.41) is 8.38. The van der Waals surface area contributed by atoms with E-state index in [9.17, 15) is 0 Å². The third-order valence-corrected chi connectivity index (χ3v) is 6.46. The van der Waals surface area contributed by atoms with Gasteiger partial charge in [0.1, 0.15) is 5.76 Å². The normalized spacial score (nSPS) is 27.9. The molecule has 0 atom stereocenters. The molecule has 1 aromatic heterocycles. The summed E-state index contributed by atoms with van der Waals surface area (Å²) in [6.07, 6.45) is 8.91. The molecule has 1 saturated heterocycles. The van der Waals surface area contributed by atoms with Crippen LogP contribution in [0.5, 0.6) is 0 Å². The van der Waals surface area contributed by atoms with E-state index in [1.54, 1.807) is 6.26 Å². The molecule has 2 fully saturated rings. The van der Waals surface area contributed by atoms with Crippen LogP contribution in [0.15, 0.2) is 22.8 Å². The lowest BCUT2D eigenvalue weighted by molar-refractivity contribution is 0.148. The number of rotatable bonds is 4. The van der Waals surface area contributed by atoms with Crippen molar-refractivity contribution in [1.82, 2.24) is 15.5 Å². The minimum absolute atomic E-state index is 0.112. The van der Waals surface area contributed by atoms with Gasteiger partial charge in [0.05, 0.1) is 12.8 Å². The van der Waals surface area contributed by atoms with Crippen molar-refractivity contribution in [1.29, 1.82) is 0 Å². The molecule has 152 valence electrons. The molecule has 0 amide bonds. The number of hydrogen-bond acceptors (Lipinski definition) is 3. The van der Waals surface area contributed by atoms with Gasteiger partial charge in [-0.15, -0.1) is 0 Å². The van der Waals surface area contributed by atoms with Crippen LogP contribution in [0.4, 0.5) is 0 Å². The van der Waals surface area contributed by atoms with Crippen LogP contribution in [-0.4, -0.2) is 33.2 Å². The minimum Gasteiger partial charge on any atom is -0.467 e. The van der Waals surface area contributed by atoms with Crippen molar-refractivity contribution >= 4 is 17.3 Å². The topological polar surface area (TPSA) is 40.4 Å². The average molecular weight is 392 g/mol. The molecule has 2 aliphatic rings. The Bertz CT molecular complexity index is 602. The summed E-state index contributed by atoms with van der Waals surface area (Å²) >= 11 is 5.94. The Morgan fingerprint density at radius 1 is 1.19 bits per heavy atom. The van der Waals surface area contributed by atoms with E-state index in [1.807, 2.05) is 6.07 Å². The van der Waals surface area contributed by atoms with Gasteiger partial charge in [0, 0.05) is 23.2 Å². The molecule has 5 heteroatoms. The van der Waals surface area contributed by atoms with Gasteiger partial charge in [-0.05, 0) is 96.5 Å². The van der Waals surface area contributed by atoms with Gasteiger partial charge in [0.2, 0.25) is 0 Å². The lowest BCUT2D eigenvalue weighted by Crippen LogP contribution is -2.63. The first-order chi connectivity index (χ1) is 12.6. The van der Waals surface area contributed by atoms with Gasteiger partial charge in [-0.1, -0.05) is 6.92 Å². The predicted octanol–water partition coefficient (Wildman–Crippen LogP) is 4.84. The number of nitrogens with one attached hydrogen (secondary N) is 2. The Kier molecular flexibility index (Phi) is 6.21. The summed E-state index contributed by atoms with van der Waals surface area (Å²) < 4.78 is 5.64. The number of thiocarbonyl (C=S) groups is 1. The molecule has 1 aromatic rings. The Hall–Kier alpha value is -1.07. The van der Waals surface area contributed by atoms with E-state index in [2.05, 4.69) is 56.2 Å². The molecule has 0 aromatic carbocycles. The van der Waals surface area contributed by atoms with Crippen molar-refractivity contribution < 1.29 is 4.42 Å². The molecule has 0 unspecified atom stereocenters. The predicted molar refractivity (Wildman–Crippen MR) is 116 cm³/mol. The highest BCUT2D eigenvalue weighted by Gasteiger charge is 2.38. The summed E-state index contributed by atoms with van der Waals surface area (Å²) in [5.41, 5.74) is 0.224. The van der Waals surface area contributed by atoms with Crippen LogP contribution in [0.25, 0.3) is 0 Å². The highest BCUT2D eigenvalue weighted by atomic mass is 32.1. The maximum absolute atomic E-state index is 5.94. The van der Waals surface area contributed by atoms with Crippen LogP contribution in [-0.2, 0) is 6.54 Å². The number of hydrogen-bond donors (Lipinski definition) is 2. The molecule has 3 rings (SSSR count). The molecular weight excluding hydrogens is 354 g/mol. The molecule has 0 spiro atoms. The fourth-order valence-corrected chi connectivity index (χ4v) is 5.55. The molecule has 1 aliphatic heterocycles. The number of nitrogens with zero attached hydrogens (tertiary/aromatic N) is 1. The molecule has 27 heavy (non-hydrogen) atoms. The second kappa shape index (κ2) is 8.12. The fraction of sp³-hybridized carbons (Fsp3) is 0.773. The van der Waals surface area contributed by atoms with E-state index in [-0.39, 0.29) is 11.1 Å². The first-order valence-electron chi connectivity index (χ1n) is 10.5. The summed E-state index contributed by atoms with van der Waals surface area (Å²) in [7, 11) is 0. The Balaban J connectivity index is 1.70. The monoisotopic (exact) mass is 391 g/mol. The molecule has 0 bridgehead atoms. The van der Waals surface area contributed by atoms with Crippen LogP contribution < -0.4 is 10.6 Å². The summed E-state index contributed by atoms with van der Waals surface area (Å²) in [6.45, 7) is 12.3. The zero-order valence-corrected chi connectivity index (χ0v) is 18.5. The van der Waals surface area contributed by atoms with Crippen molar-refractivity contribution in [2.24, 2.45) is 5.92 Å². The quantitative estimate of drug-likeness (QED) is 0.719. The van der Waals surface area contributed by atoms with Crippen molar-refractivity contribution in [3.8, 4) is 0 Å². The van der Waals surface area contributed by atoms with Gasteiger partial charge in [0.25, 0.3) is 0 Å². The van der Waals surface area contributed by atoms with E-state index in [1.165, 1.54) is 25.7 Å². The first-order valence-corrected chi connectivity index (χ1v) is 10.9. The van der Waals surface area contributed by atoms with E-state index in [0.29, 0.717) is 12.1 Å². The van der Waals surface area contributed by atoms with E-state index >= 15 is 0 Å². The standard InChI is InChI=1S/C22H37N3OS/c1-16-8-10-18(11-9-16)25(15-19-7-6-12-26-19)20(27)23-17-13-21(2,3)24-22(4,5)14-17/h6-7,12,16-18,24H,8-11,13-15H2,1-5H3,(H,23,27). The van der Waals surface area contributed by atoms with E-state index in [0.717, 1.165) is 36.2 Å². The van der Waals surface area contributed by atoms with Gasteiger partial charge in [0.15, 0.2) is 5.11 Å². The zero-order valence-electron chi connectivity index (χ0n) is 17.7. The third kappa shape index (κ3) is 5.71. The van der Waals surface area contributed by atoms with Crippen molar-refractivity contribution in [2.75, 3.05) is 0 Å². The van der Waals surface area contributed by atoms with Gasteiger partial charge in [-0.25, -0.2) is 0 Å². The second-order valence-electron chi connectivity index (χ2n) is 10.1. The molecule has 2 N–H and O–H groups in total. The van der Waals surface area contributed by atoms with Crippen LogP contribution in [0.2, 0.25) is 0 Å². The van der Waals surface area contributed by atoms with Crippen LogP contribution >= 0.6 is 12.2 Å². The van der Waals surface area contributed by atoms with E-state index in [4.69, 9.17) is 16.6 Å². The SMILES string of the molecule is CC1CCC(N(Cc2ccco2)C(=S)NC2CC(C)(C)NC(C)(C)C2)CC1. The minimum atomic E-state index is 0.112. The van der Waals surface area contributed by atoms with Gasteiger partial charge < -0.3 is 20.0 Å².